The molecule has 2 aromatic rings. The first-order valence-corrected chi connectivity index (χ1v) is 8.06. The quantitative estimate of drug-likeness (QED) is 0.244. The van der Waals surface area contributed by atoms with E-state index in [0.717, 1.165) is 11.3 Å². The number of rotatable bonds is 8. The molecule has 8 nitrogen and oxygen atoms in total. The van der Waals surface area contributed by atoms with Crippen molar-refractivity contribution in [3.63, 3.8) is 0 Å². The lowest BCUT2D eigenvalue weighted by atomic mass is 10.1. The summed E-state index contributed by atoms with van der Waals surface area (Å²) in [5.41, 5.74) is 1.28. The topological polar surface area (TPSA) is 117 Å². The number of carbonyl (C=O) groups is 1. The minimum atomic E-state index is -0.594. The predicted molar refractivity (Wildman–Crippen MR) is 100 cm³/mol. The number of amides is 1. The SMILES string of the molecule is COc1ccc(CCN/C=C(/C#N)C(=O)Nc2ccc([N+](=O)[O-])cc2)cc1. The maximum Gasteiger partial charge on any atom is 0.269 e. The lowest BCUT2D eigenvalue weighted by Crippen LogP contribution is -2.18. The number of nitriles is 1. The normalized spacial score (nSPS) is 10.6. The average molecular weight is 366 g/mol. The first-order valence-electron chi connectivity index (χ1n) is 8.06. The van der Waals surface area contributed by atoms with Gasteiger partial charge in [0.05, 0.1) is 12.0 Å². The molecule has 8 heteroatoms. The number of nitrogens with one attached hydrogen (secondary N) is 2. The minimum absolute atomic E-state index is 0.0794. The van der Waals surface area contributed by atoms with E-state index < -0.39 is 10.8 Å². The number of carbonyl (C=O) groups excluding carboxylic acids is 1. The molecule has 1 amide bonds. The molecule has 0 aliphatic heterocycles. The molecule has 2 aromatic carbocycles. The van der Waals surface area contributed by atoms with Crippen molar-refractivity contribution in [2.24, 2.45) is 0 Å². The molecule has 2 N–H and O–H groups in total. The molecule has 0 unspecified atom stereocenters. The van der Waals surface area contributed by atoms with Crippen molar-refractivity contribution in [2.45, 2.75) is 6.42 Å². The molecule has 0 atom stereocenters. The standard InChI is InChI=1S/C19H18N4O4/c1-27-18-8-2-14(3-9-18)10-11-21-13-15(12-20)19(24)22-16-4-6-17(7-5-16)23(25)26/h2-9,13,21H,10-11H2,1H3,(H,22,24)/b15-13-. The molecule has 0 aromatic heterocycles. The van der Waals surface area contributed by atoms with Crippen LogP contribution in [0.1, 0.15) is 5.56 Å². The summed E-state index contributed by atoms with van der Waals surface area (Å²) in [7, 11) is 1.60. The zero-order valence-corrected chi connectivity index (χ0v) is 14.6. The lowest BCUT2D eigenvalue weighted by Gasteiger charge is -2.06. The van der Waals surface area contributed by atoms with Crippen LogP contribution in [-0.4, -0.2) is 24.5 Å². The predicted octanol–water partition coefficient (Wildman–Crippen LogP) is 2.78. The van der Waals surface area contributed by atoms with Gasteiger partial charge in [0, 0.05) is 30.6 Å². The molecule has 0 aliphatic carbocycles. The molecule has 138 valence electrons. The Labute approximate surface area is 156 Å². The van der Waals surface area contributed by atoms with Gasteiger partial charge in [-0.2, -0.15) is 5.26 Å². The number of benzene rings is 2. The smallest absolute Gasteiger partial charge is 0.269 e. The van der Waals surface area contributed by atoms with Crippen molar-refractivity contribution in [3.05, 3.63) is 76.0 Å². The van der Waals surface area contributed by atoms with Gasteiger partial charge in [-0.25, -0.2) is 0 Å². The number of hydrogen-bond donors (Lipinski definition) is 2. The minimum Gasteiger partial charge on any atom is -0.497 e. The van der Waals surface area contributed by atoms with Crippen LogP contribution in [0.4, 0.5) is 11.4 Å². The van der Waals surface area contributed by atoms with Gasteiger partial charge in [0.1, 0.15) is 17.4 Å². The van der Waals surface area contributed by atoms with Crippen molar-refractivity contribution in [2.75, 3.05) is 19.0 Å². The zero-order chi connectivity index (χ0) is 19.6. The van der Waals surface area contributed by atoms with Gasteiger partial charge < -0.3 is 15.4 Å². The molecule has 27 heavy (non-hydrogen) atoms. The summed E-state index contributed by atoms with van der Waals surface area (Å²) in [5.74, 6) is 0.185. The first-order chi connectivity index (χ1) is 13.0. The summed E-state index contributed by atoms with van der Waals surface area (Å²) in [5, 5.41) is 25.2. The van der Waals surface area contributed by atoms with Gasteiger partial charge in [0.2, 0.25) is 0 Å². The second-order valence-electron chi connectivity index (χ2n) is 5.48. The van der Waals surface area contributed by atoms with Gasteiger partial charge in [0.25, 0.3) is 11.6 Å². The van der Waals surface area contributed by atoms with Crippen LogP contribution in [0.15, 0.2) is 60.3 Å². The highest BCUT2D eigenvalue weighted by Gasteiger charge is 2.10. The van der Waals surface area contributed by atoms with E-state index in [4.69, 9.17) is 10.00 Å². The molecular formula is C19H18N4O4. The van der Waals surface area contributed by atoms with Crippen LogP contribution in [0, 0.1) is 21.4 Å². The van der Waals surface area contributed by atoms with Crippen molar-refractivity contribution >= 4 is 17.3 Å². The van der Waals surface area contributed by atoms with Crippen molar-refractivity contribution < 1.29 is 14.5 Å². The number of nitrogens with zero attached hydrogens (tertiary/aromatic N) is 2. The maximum atomic E-state index is 12.1. The van der Waals surface area contributed by atoms with Crippen LogP contribution >= 0.6 is 0 Å². The third-order valence-electron chi connectivity index (χ3n) is 3.66. The van der Waals surface area contributed by atoms with E-state index in [2.05, 4.69) is 10.6 Å². The zero-order valence-electron chi connectivity index (χ0n) is 14.6. The molecule has 0 aliphatic rings. The summed E-state index contributed by atoms with van der Waals surface area (Å²) in [6.07, 6.45) is 2.06. The average Bonchev–Trinajstić information content (AvgIpc) is 2.68. The van der Waals surface area contributed by atoms with Gasteiger partial charge in [-0.05, 0) is 36.2 Å². The van der Waals surface area contributed by atoms with E-state index in [9.17, 15) is 14.9 Å². The number of methoxy groups -OCH3 is 1. The third-order valence-corrected chi connectivity index (χ3v) is 3.66. The number of non-ortho nitro benzene ring substituents is 1. The summed E-state index contributed by atoms with van der Waals surface area (Å²) in [6, 6.07) is 14.8. The molecule has 2 rings (SSSR count). The molecule has 0 bridgehead atoms. The van der Waals surface area contributed by atoms with Crippen molar-refractivity contribution in [1.29, 1.82) is 5.26 Å². The fourth-order valence-electron chi connectivity index (χ4n) is 2.20. The number of anilines is 1. The Balaban J connectivity index is 1.87. The Bertz CT molecular complexity index is 868. The summed E-state index contributed by atoms with van der Waals surface area (Å²) >= 11 is 0. The summed E-state index contributed by atoms with van der Waals surface area (Å²) in [6.45, 7) is 0.544. The first kappa shape index (κ1) is 19.5. The van der Waals surface area contributed by atoms with E-state index >= 15 is 0 Å². The van der Waals surface area contributed by atoms with Gasteiger partial charge in [-0.15, -0.1) is 0 Å². The molecule has 0 fully saturated rings. The number of ether oxygens (including phenoxy) is 1. The third kappa shape index (κ3) is 5.86. The highest BCUT2D eigenvalue weighted by molar-refractivity contribution is 6.06. The van der Waals surface area contributed by atoms with Gasteiger partial charge in [-0.1, -0.05) is 12.1 Å². The van der Waals surface area contributed by atoms with Crippen LogP contribution in [-0.2, 0) is 11.2 Å². The highest BCUT2D eigenvalue weighted by Crippen LogP contribution is 2.16. The van der Waals surface area contributed by atoms with Crippen molar-refractivity contribution in [1.82, 2.24) is 5.32 Å². The molecule has 0 saturated carbocycles. The van der Waals surface area contributed by atoms with Crippen LogP contribution in [0.25, 0.3) is 0 Å². The number of nitro benzene ring substituents is 1. The van der Waals surface area contributed by atoms with Crippen LogP contribution < -0.4 is 15.4 Å². The molecule has 0 heterocycles. The van der Waals surface area contributed by atoms with E-state index in [1.807, 2.05) is 30.3 Å². The van der Waals surface area contributed by atoms with Crippen LogP contribution in [0.2, 0.25) is 0 Å². The number of hydrogen-bond acceptors (Lipinski definition) is 6. The fraction of sp³-hybridized carbons (Fsp3) is 0.158. The summed E-state index contributed by atoms with van der Waals surface area (Å²) < 4.78 is 5.10. The molecule has 0 spiro atoms. The Morgan fingerprint density at radius 3 is 2.44 bits per heavy atom. The molecule has 0 radical (unpaired) electrons. The Morgan fingerprint density at radius 2 is 1.89 bits per heavy atom. The van der Waals surface area contributed by atoms with E-state index in [0.29, 0.717) is 18.7 Å². The Hall–Kier alpha value is -3.86. The van der Waals surface area contributed by atoms with E-state index in [1.165, 1.54) is 30.5 Å². The Morgan fingerprint density at radius 1 is 1.22 bits per heavy atom. The van der Waals surface area contributed by atoms with Crippen LogP contribution in [0.5, 0.6) is 5.75 Å². The largest absolute Gasteiger partial charge is 0.497 e. The Kier molecular flexibility index (Phi) is 6.91. The second-order valence-corrected chi connectivity index (χ2v) is 5.48. The maximum absolute atomic E-state index is 12.1. The van der Waals surface area contributed by atoms with E-state index in [1.54, 1.807) is 7.11 Å². The highest BCUT2D eigenvalue weighted by atomic mass is 16.6. The van der Waals surface area contributed by atoms with Crippen molar-refractivity contribution in [3.8, 4) is 11.8 Å². The van der Waals surface area contributed by atoms with Gasteiger partial charge in [-0.3, -0.25) is 14.9 Å². The monoisotopic (exact) mass is 366 g/mol. The molecule has 0 saturated heterocycles. The number of nitro groups is 1. The summed E-state index contributed by atoms with van der Waals surface area (Å²) in [4.78, 5) is 22.2. The lowest BCUT2D eigenvalue weighted by molar-refractivity contribution is -0.384. The van der Waals surface area contributed by atoms with Crippen LogP contribution in [0.3, 0.4) is 0 Å². The second kappa shape index (κ2) is 9.58. The van der Waals surface area contributed by atoms with Gasteiger partial charge in [0.15, 0.2) is 0 Å². The fourth-order valence-corrected chi connectivity index (χ4v) is 2.20. The molecular weight excluding hydrogens is 348 g/mol. The van der Waals surface area contributed by atoms with Gasteiger partial charge >= 0.3 is 0 Å². The van der Waals surface area contributed by atoms with E-state index in [-0.39, 0.29) is 11.3 Å².